The maximum atomic E-state index is 5.52. The van der Waals surface area contributed by atoms with Crippen LogP contribution in [0.4, 0.5) is 0 Å². The van der Waals surface area contributed by atoms with Gasteiger partial charge in [0.25, 0.3) is 0 Å². The van der Waals surface area contributed by atoms with Crippen molar-refractivity contribution >= 4 is 5.96 Å². The largest absolute Gasteiger partial charge is 0.493 e. The van der Waals surface area contributed by atoms with Gasteiger partial charge in [0.2, 0.25) is 0 Å². The van der Waals surface area contributed by atoms with E-state index in [0.717, 1.165) is 42.5 Å². The fourth-order valence-corrected chi connectivity index (χ4v) is 3.74. The Balaban J connectivity index is 1.59. The number of benzene rings is 2. The van der Waals surface area contributed by atoms with Gasteiger partial charge >= 0.3 is 0 Å². The quantitative estimate of drug-likeness (QED) is 0.628. The van der Waals surface area contributed by atoms with Crippen LogP contribution in [0.15, 0.2) is 53.5 Å². The van der Waals surface area contributed by atoms with Gasteiger partial charge in [0.15, 0.2) is 17.5 Å². The normalized spacial score (nSPS) is 17.1. The minimum Gasteiger partial charge on any atom is -0.493 e. The summed E-state index contributed by atoms with van der Waals surface area (Å²) in [4.78, 5) is 6.83. The third-order valence-corrected chi connectivity index (χ3v) is 5.09. The lowest BCUT2D eigenvalue weighted by Crippen LogP contribution is -2.39. The summed E-state index contributed by atoms with van der Waals surface area (Å²) in [6, 6.07) is 16.7. The summed E-state index contributed by atoms with van der Waals surface area (Å²) >= 11 is 0. The molecular formula is C22H29N3O2. The predicted molar refractivity (Wildman–Crippen MR) is 110 cm³/mol. The second-order valence-electron chi connectivity index (χ2n) is 6.84. The summed E-state index contributed by atoms with van der Waals surface area (Å²) in [6.45, 7) is 2.71. The van der Waals surface area contributed by atoms with Crippen molar-refractivity contribution in [3.63, 3.8) is 0 Å². The van der Waals surface area contributed by atoms with Gasteiger partial charge in [0.1, 0.15) is 0 Å². The van der Waals surface area contributed by atoms with Crippen molar-refractivity contribution in [3.05, 3.63) is 59.7 Å². The third-order valence-electron chi connectivity index (χ3n) is 5.09. The van der Waals surface area contributed by atoms with Crippen LogP contribution in [0, 0.1) is 5.92 Å². The fraction of sp³-hybridized carbons (Fsp3) is 0.409. The average molecular weight is 367 g/mol. The molecule has 5 heteroatoms. The number of hydrogen-bond acceptors (Lipinski definition) is 3. The van der Waals surface area contributed by atoms with Crippen LogP contribution in [-0.4, -0.2) is 45.2 Å². The summed E-state index contributed by atoms with van der Waals surface area (Å²) < 4.78 is 10.9. The molecule has 0 aliphatic carbocycles. The minimum atomic E-state index is 0.646. The van der Waals surface area contributed by atoms with Gasteiger partial charge in [-0.15, -0.1) is 0 Å². The van der Waals surface area contributed by atoms with E-state index in [9.17, 15) is 0 Å². The Hall–Kier alpha value is -2.69. The lowest BCUT2D eigenvalue weighted by atomic mass is 9.99. The number of nitrogens with zero attached hydrogens (tertiary/aromatic N) is 2. The Bertz CT molecular complexity index is 761. The summed E-state index contributed by atoms with van der Waals surface area (Å²) in [5.41, 5.74) is 2.46. The van der Waals surface area contributed by atoms with Crippen LogP contribution in [0.5, 0.6) is 11.5 Å². The SMILES string of the molecule is CN=C(NCc1cccc(OC)c1OC)N1CCC(Cc2ccccc2)C1. The average Bonchev–Trinajstić information content (AvgIpc) is 3.17. The molecule has 1 aliphatic heterocycles. The zero-order valence-corrected chi connectivity index (χ0v) is 16.4. The third kappa shape index (κ3) is 4.73. The van der Waals surface area contributed by atoms with Crippen LogP contribution in [0.25, 0.3) is 0 Å². The highest BCUT2D eigenvalue weighted by atomic mass is 16.5. The summed E-state index contributed by atoms with van der Waals surface area (Å²) in [5.74, 6) is 3.12. The molecule has 1 aliphatic rings. The van der Waals surface area contributed by atoms with E-state index in [1.165, 1.54) is 12.0 Å². The molecule has 1 fully saturated rings. The van der Waals surface area contributed by atoms with Crippen LogP contribution < -0.4 is 14.8 Å². The molecule has 1 N–H and O–H groups in total. The standard InChI is InChI=1S/C22H29N3O2/c1-23-22(24-15-19-10-7-11-20(26-2)21(19)27-3)25-13-12-18(16-25)14-17-8-5-4-6-9-17/h4-11,18H,12-16H2,1-3H3,(H,23,24). The topological polar surface area (TPSA) is 46.1 Å². The van der Waals surface area contributed by atoms with E-state index in [0.29, 0.717) is 12.5 Å². The highest BCUT2D eigenvalue weighted by Gasteiger charge is 2.25. The Morgan fingerprint density at radius 3 is 2.63 bits per heavy atom. The highest BCUT2D eigenvalue weighted by molar-refractivity contribution is 5.80. The molecule has 1 unspecified atom stereocenters. The number of hydrogen-bond donors (Lipinski definition) is 1. The van der Waals surface area contributed by atoms with Gasteiger partial charge in [-0.05, 0) is 30.4 Å². The number of methoxy groups -OCH3 is 2. The smallest absolute Gasteiger partial charge is 0.193 e. The van der Waals surface area contributed by atoms with Crippen LogP contribution >= 0.6 is 0 Å². The zero-order valence-electron chi connectivity index (χ0n) is 16.4. The minimum absolute atomic E-state index is 0.646. The molecule has 0 aromatic heterocycles. The highest BCUT2D eigenvalue weighted by Crippen LogP contribution is 2.30. The second kappa shape index (κ2) is 9.31. The van der Waals surface area contributed by atoms with Gasteiger partial charge < -0.3 is 19.7 Å². The first-order valence-electron chi connectivity index (χ1n) is 9.44. The molecule has 0 radical (unpaired) electrons. The van der Waals surface area contributed by atoms with Crippen molar-refractivity contribution < 1.29 is 9.47 Å². The monoisotopic (exact) mass is 367 g/mol. The first kappa shape index (κ1) is 19.1. The number of rotatable bonds is 6. The van der Waals surface area contributed by atoms with Crippen molar-refractivity contribution in [3.8, 4) is 11.5 Å². The second-order valence-corrected chi connectivity index (χ2v) is 6.84. The lowest BCUT2D eigenvalue weighted by Gasteiger charge is -2.22. The van der Waals surface area contributed by atoms with Crippen molar-refractivity contribution in [2.45, 2.75) is 19.4 Å². The fourth-order valence-electron chi connectivity index (χ4n) is 3.74. The van der Waals surface area contributed by atoms with E-state index in [1.54, 1.807) is 14.2 Å². The van der Waals surface area contributed by atoms with E-state index in [1.807, 2.05) is 25.2 Å². The Morgan fingerprint density at radius 2 is 1.93 bits per heavy atom. The Kier molecular flexibility index (Phi) is 6.58. The van der Waals surface area contributed by atoms with Crippen molar-refractivity contribution in [2.24, 2.45) is 10.9 Å². The summed E-state index contributed by atoms with van der Waals surface area (Å²) in [6.07, 6.45) is 2.32. The molecule has 1 heterocycles. The number of guanidine groups is 1. The number of para-hydroxylation sites is 1. The van der Waals surface area contributed by atoms with Crippen LogP contribution in [0.3, 0.4) is 0 Å². The number of aliphatic imine (C=N–C) groups is 1. The van der Waals surface area contributed by atoms with Crippen molar-refractivity contribution in [2.75, 3.05) is 34.4 Å². The first-order valence-corrected chi connectivity index (χ1v) is 9.44. The zero-order chi connectivity index (χ0) is 19.1. The first-order chi connectivity index (χ1) is 13.2. The van der Waals surface area contributed by atoms with E-state index >= 15 is 0 Å². The van der Waals surface area contributed by atoms with Crippen LogP contribution in [-0.2, 0) is 13.0 Å². The molecule has 2 aromatic carbocycles. The van der Waals surface area contributed by atoms with E-state index in [2.05, 4.69) is 45.5 Å². The van der Waals surface area contributed by atoms with E-state index in [4.69, 9.17) is 9.47 Å². The molecule has 5 nitrogen and oxygen atoms in total. The van der Waals surface area contributed by atoms with Gasteiger partial charge in [0, 0.05) is 32.2 Å². The molecule has 0 bridgehead atoms. The lowest BCUT2D eigenvalue weighted by molar-refractivity contribution is 0.351. The number of nitrogens with one attached hydrogen (secondary N) is 1. The molecule has 0 amide bonds. The maximum Gasteiger partial charge on any atom is 0.193 e. The number of likely N-dealkylation sites (tertiary alicyclic amines) is 1. The van der Waals surface area contributed by atoms with Crippen LogP contribution in [0.2, 0.25) is 0 Å². The molecule has 3 rings (SSSR count). The van der Waals surface area contributed by atoms with Crippen LogP contribution in [0.1, 0.15) is 17.5 Å². The van der Waals surface area contributed by atoms with Crippen molar-refractivity contribution in [1.29, 1.82) is 0 Å². The summed E-state index contributed by atoms with van der Waals surface area (Å²) in [7, 11) is 5.17. The predicted octanol–water partition coefficient (Wildman–Crippen LogP) is 3.34. The molecule has 144 valence electrons. The molecule has 0 saturated carbocycles. The molecule has 0 spiro atoms. The summed E-state index contributed by atoms with van der Waals surface area (Å²) in [5, 5.41) is 3.48. The Labute approximate surface area is 162 Å². The maximum absolute atomic E-state index is 5.52. The molecule has 1 saturated heterocycles. The van der Waals surface area contributed by atoms with Gasteiger partial charge in [-0.2, -0.15) is 0 Å². The molecule has 2 aromatic rings. The number of ether oxygens (including phenoxy) is 2. The molecule has 1 atom stereocenters. The molecular weight excluding hydrogens is 338 g/mol. The van der Waals surface area contributed by atoms with Gasteiger partial charge in [-0.1, -0.05) is 42.5 Å². The molecule has 27 heavy (non-hydrogen) atoms. The van der Waals surface area contributed by atoms with Gasteiger partial charge in [0.05, 0.1) is 14.2 Å². The van der Waals surface area contributed by atoms with Crippen molar-refractivity contribution in [1.82, 2.24) is 10.2 Å². The van der Waals surface area contributed by atoms with Gasteiger partial charge in [-0.3, -0.25) is 4.99 Å². The van der Waals surface area contributed by atoms with E-state index in [-0.39, 0.29) is 0 Å². The Morgan fingerprint density at radius 1 is 1.11 bits per heavy atom. The van der Waals surface area contributed by atoms with Gasteiger partial charge in [-0.25, -0.2) is 0 Å². The van der Waals surface area contributed by atoms with E-state index < -0.39 is 0 Å².